The number of benzene rings is 1. The molecule has 1 aromatic carbocycles. The largest absolute Gasteiger partial charge is 0.302 e. The average molecular weight is 274 g/mol. The smallest absolute Gasteiger partial charge is 0.176 e. The summed E-state index contributed by atoms with van der Waals surface area (Å²) < 4.78 is 0. The summed E-state index contributed by atoms with van der Waals surface area (Å²) in [6, 6.07) is 8.62. The quantitative estimate of drug-likeness (QED) is 0.745. The molecule has 1 aliphatic heterocycles. The third-order valence-electron chi connectivity index (χ3n) is 4.29. The molecule has 0 amide bonds. The summed E-state index contributed by atoms with van der Waals surface area (Å²) in [4.78, 5) is 16.8. The second-order valence-electron chi connectivity index (χ2n) is 5.95. The van der Waals surface area contributed by atoms with Crippen LogP contribution in [0.5, 0.6) is 0 Å². The Balaban J connectivity index is 1.86. The summed E-state index contributed by atoms with van der Waals surface area (Å²) in [6.07, 6.45) is 3.55. The highest BCUT2D eigenvalue weighted by atomic mass is 16.1. The summed E-state index contributed by atoms with van der Waals surface area (Å²) in [5.74, 6) is 0.218. The van der Waals surface area contributed by atoms with Crippen molar-refractivity contribution in [2.45, 2.75) is 32.2 Å². The van der Waals surface area contributed by atoms with Crippen LogP contribution in [0, 0.1) is 0 Å². The number of aryl methyl sites for hydroxylation is 1. The molecule has 0 N–H and O–H groups in total. The van der Waals surface area contributed by atoms with E-state index in [1.54, 1.807) is 0 Å². The van der Waals surface area contributed by atoms with E-state index < -0.39 is 0 Å². The van der Waals surface area contributed by atoms with Gasteiger partial charge in [-0.2, -0.15) is 0 Å². The Hall–Kier alpha value is -1.19. The second-order valence-corrected chi connectivity index (χ2v) is 5.95. The molecule has 0 radical (unpaired) electrons. The van der Waals surface area contributed by atoms with Gasteiger partial charge in [-0.05, 0) is 45.5 Å². The number of carbonyl (C=O) groups excluding carboxylic acids is 1. The van der Waals surface area contributed by atoms with Gasteiger partial charge in [-0.25, -0.2) is 0 Å². The molecule has 1 unspecified atom stereocenters. The SMILES string of the molecule is CCc1ccc(C(=O)CN(C)CC2CCCN2C)cc1. The van der Waals surface area contributed by atoms with Gasteiger partial charge in [0.15, 0.2) is 5.78 Å². The van der Waals surface area contributed by atoms with Crippen LogP contribution in [0.1, 0.15) is 35.7 Å². The van der Waals surface area contributed by atoms with Crippen molar-refractivity contribution in [1.82, 2.24) is 9.80 Å². The van der Waals surface area contributed by atoms with Gasteiger partial charge in [0.1, 0.15) is 0 Å². The maximum Gasteiger partial charge on any atom is 0.176 e. The van der Waals surface area contributed by atoms with Gasteiger partial charge < -0.3 is 4.90 Å². The van der Waals surface area contributed by atoms with Crippen LogP contribution in [0.15, 0.2) is 24.3 Å². The second kappa shape index (κ2) is 7.00. The van der Waals surface area contributed by atoms with Crippen molar-refractivity contribution in [1.29, 1.82) is 0 Å². The topological polar surface area (TPSA) is 23.6 Å². The summed E-state index contributed by atoms with van der Waals surface area (Å²) in [7, 11) is 4.22. The van der Waals surface area contributed by atoms with E-state index in [4.69, 9.17) is 0 Å². The normalized spacial score (nSPS) is 19.7. The van der Waals surface area contributed by atoms with Crippen molar-refractivity contribution in [3.8, 4) is 0 Å². The highest BCUT2D eigenvalue weighted by Gasteiger charge is 2.22. The van der Waals surface area contributed by atoms with Crippen LogP contribution < -0.4 is 0 Å². The van der Waals surface area contributed by atoms with Crippen molar-refractivity contribution >= 4 is 5.78 Å². The van der Waals surface area contributed by atoms with E-state index in [0.29, 0.717) is 12.6 Å². The van der Waals surface area contributed by atoms with E-state index in [2.05, 4.69) is 35.9 Å². The minimum atomic E-state index is 0.218. The Kier molecular flexibility index (Phi) is 5.32. The molecule has 110 valence electrons. The Morgan fingerprint density at radius 3 is 2.60 bits per heavy atom. The highest BCUT2D eigenvalue weighted by Crippen LogP contribution is 2.15. The average Bonchev–Trinajstić information content (AvgIpc) is 2.84. The van der Waals surface area contributed by atoms with Gasteiger partial charge in [0.2, 0.25) is 0 Å². The molecule has 0 aliphatic carbocycles. The van der Waals surface area contributed by atoms with Crippen molar-refractivity contribution in [2.24, 2.45) is 0 Å². The number of carbonyl (C=O) groups is 1. The van der Waals surface area contributed by atoms with Gasteiger partial charge in [-0.1, -0.05) is 31.2 Å². The molecule has 1 aromatic rings. The van der Waals surface area contributed by atoms with Crippen molar-refractivity contribution < 1.29 is 4.79 Å². The Morgan fingerprint density at radius 2 is 2.05 bits per heavy atom. The summed E-state index contributed by atoms with van der Waals surface area (Å²) in [5, 5.41) is 0. The molecule has 3 heteroatoms. The van der Waals surface area contributed by atoms with Crippen molar-refractivity contribution in [2.75, 3.05) is 33.7 Å². The Labute approximate surface area is 122 Å². The monoisotopic (exact) mass is 274 g/mol. The molecule has 1 aliphatic rings. The lowest BCUT2D eigenvalue weighted by atomic mass is 10.1. The molecule has 1 fully saturated rings. The van der Waals surface area contributed by atoms with E-state index in [1.165, 1.54) is 24.9 Å². The first-order valence-corrected chi connectivity index (χ1v) is 7.61. The third kappa shape index (κ3) is 3.90. The van der Waals surface area contributed by atoms with E-state index in [9.17, 15) is 4.79 Å². The molecule has 1 saturated heterocycles. The Morgan fingerprint density at radius 1 is 1.35 bits per heavy atom. The zero-order chi connectivity index (χ0) is 14.5. The molecule has 0 bridgehead atoms. The zero-order valence-corrected chi connectivity index (χ0v) is 12.9. The van der Waals surface area contributed by atoms with Crippen molar-refractivity contribution in [3.63, 3.8) is 0 Å². The van der Waals surface area contributed by atoms with Crippen LogP contribution >= 0.6 is 0 Å². The number of hydrogen-bond donors (Lipinski definition) is 0. The number of hydrogen-bond acceptors (Lipinski definition) is 3. The number of likely N-dealkylation sites (N-methyl/N-ethyl adjacent to an activating group) is 2. The van der Waals surface area contributed by atoms with E-state index >= 15 is 0 Å². The molecule has 2 rings (SSSR count). The minimum absolute atomic E-state index is 0.218. The van der Waals surface area contributed by atoms with Crippen LogP contribution in [0.4, 0.5) is 0 Å². The standard InChI is InChI=1S/C17H26N2O/c1-4-14-7-9-15(10-8-14)17(20)13-18(2)12-16-6-5-11-19(16)3/h7-10,16H,4-6,11-13H2,1-3H3. The first kappa shape index (κ1) is 15.2. The first-order valence-electron chi connectivity index (χ1n) is 7.61. The predicted octanol–water partition coefficient (Wildman–Crippen LogP) is 2.46. The predicted molar refractivity (Wildman–Crippen MR) is 83.3 cm³/mol. The Bertz CT molecular complexity index is 441. The van der Waals surface area contributed by atoms with Gasteiger partial charge in [-0.15, -0.1) is 0 Å². The molecule has 1 atom stereocenters. The fraction of sp³-hybridized carbons (Fsp3) is 0.588. The van der Waals surface area contributed by atoms with E-state index in [1.807, 2.05) is 19.2 Å². The lowest BCUT2D eigenvalue weighted by molar-refractivity contribution is 0.0932. The van der Waals surface area contributed by atoms with Crippen LogP contribution in [-0.2, 0) is 6.42 Å². The van der Waals surface area contributed by atoms with Gasteiger partial charge in [0.05, 0.1) is 6.54 Å². The van der Waals surface area contributed by atoms with E-state index in [0.717, 1.165) is 18.5 Å². The maximum absolute atomic E-state index is 12.3. The molecule has 0 aromatic heterocycles. The van der Waals surface area contributed by atoms with Crippen LogP contribution in [0.2, 0.25) is 0 Å². The fourth-order valence-corrected chi connectivity index (χ4v) is 2.90. The number of nitrogens with zero attached hydrogens (tertiary/aromatic N) is 2. The highest BCUT2D eigenvalue weighted by molar-refractivity contribution is 5.97. The molecule has 20 heavy (non-hydrogen) atoms. The number of likely N-dealkylation sites (tertiary alicyclic amines) is 1. The molecule has 1 heterocycles. The summed E-state index contributed by atoms with van der Waals surface area (Å²) >= 11 is 0. The van der Waals surface area contributed by atoms with Gasteiger partial charge in [-0.3, -0.25) is 9.69 Å². The number of ketones is 1. The van der Waals surface area contributed by atoms with Crippen LogP contribution in [-0.4, -0.2) is 55.4 Å². The zero-order valence-electron chi connectivity index (χ0n) is 12.9. The first-order chi connectivity index (χ1) is 9.60. The molecular formula is C17H26N2O. The van der Waals surface area contributed by atoms with Gasteiger partial charge >= 0.3 is 0 Å². The minimum Gasteiger partial charge on any atom is -0.302 e. The molecule has 3 nitrogen and oxygen atoms in total. The fourth-order valence-electron chi connectivity index (χ4n) is 2.90. The van der Waals surface area contributed by atoms with Gasteiger partial charge in [0, 0.05) is 18.2 Å². The summed E-state index contributed by atoms with van der Waals surface area (Å²) in [6.45, 7) is 4.80. The van der Waals surface area contributed by atoms with Crippen LogP contribution in [0.3, 0.4) is 0 Å². The van der Waals surface area contributed by atoms with Gasteiger partial charge in [0.25, 0.3) is 0 Å². The lowest BCUT2D eigenvalue weighted by Crippen LogP contribution is -2.38. The third-order valence-corrected chi connectivity index (χ3v) is 4.29. The number of rotatable bonds is 6. The molecular weight excluding hydrogens is 248 g/mol. The number of Topliss-reactive ketones (excluding diaryl/α,β-unsaturated/α-hetero) is 1. The van der Waals surface area contributed by atoms with Crippen molar-refractivity contribution in [3.05, 3.63) is 35.4 Å². The van der Waals surface area contributed by atoms with Crippen LogP contribution in [0.25, 0.3) is 0 Å². The molecule has 0 saturated carbocycles. The van der Waals surface area contributed by atoms with E-state index in [-0.39, 0.29) is 5.78 Å². The lowest BCUT2D eigenvalue weighted by Gasteiger charge is -2.25. The summed E-state index contributed by atoms with van der Waals surface area (Å²) in [5.41, 5.74) is 2.11. The maximum atomic E-state index is 12.3. The molecule has 0 spiro atoms.